The van der Waals surface area contributed by atoms with Crippen LogP contribution in [0.1, 0.15) is 19.7 Å². The number of aromatic nitrogens is 1. The van der Waals surface area contributed by atoms with Crippen molar-refractivity contribution in [3.63, 3.8) is 0 Å². The van der Waals surface area contributed by atoms with E-state index >= 15 is 0 Å². The van der Waals surface area contributed by atoms with E-state index in [0.29, 0.717) is 36.2 Å². The SMILES string of the molecule is CC(C)NCCc1ncc(-c2cc(F)cc([N+](=O)[O-])c2)o1. The summed E-state index contributed by atoms with van der Waals surface area (Å²) in [6, 6.07) is 3.68. The minimum Gasteiger partial charge on any atom is -0.441 e. The number of hydrogen-bond donors (Lipinski definition) is 1. The smallest absolute Gasteiger partial charge is 0.273 e. The van der Waals surface area contributed by atoms with Gasteiger partial charge < -0.3 is 9.73 Å². The number of nitrogens with one attached hydrogen (secondary N) is 1. The van der Waals surface area contributed by atoms with Gasteiger partial charge in [0.05, 0.1) is 17.2 Å². The second-order valence-corrected chi connectivity index (χ2v) is 4.93. The summed E-state index contributed by atoms with van der Waals surface area (Å²) in [5, 5.41) is 14.0. The molecule has 0 radical (unpaired) electrons. The Bertz CT molecular complexity index is 640. The fraction of sp³-hybridized carbons (Fsp3) is 0.357. The molecule has 0 bridgehead atoms. The molecule has 1 heterocycles. The van der Waals surface area contributed by atoms with Crippen molar-refractivity contribution in [1.29, 1.82) is 0 Å². The van der Waals surface area contributed by atoms with Crippen LogP contribution < -0.4 is 5.32 Å². The number of rotatable bonds is 6. The van der Waals surface area contributed by atoms with Crippen molar-refractivity contribution in [1.82, 2.24) is 10.3 Å². The van der Waals surface area contributed by atoms with Gasteiger partial charge in [-0.2, -0.15) is 0 Å². The molecule has 2 rings (SSSR count). The van der Waals surface area contributed by atoms with Crippen LogP contribution in [0.2, 0.25) is 0 Å². The predicted molar refractivity (Wildman–Crippen MR) is 75.4 cm³/mol. The lowest BCUT2D eigenvalue weighted by Gasteiger charge is -2.05. The molecule has 0 aliphatic carbocycles. The average Bonchev–Trinajstić information content (AvgIpc) is 2.86. The molecule has 0 amide bonds. The molecule has 0 aliphatic heterocycles. The summed E-state index contributed by atoms with van der Waals surface area (Å²) in [5.41, 5.74) is -0.0123. The molecular formula is C14H16FN3O3. The van der Waals surface area contributed by atoms with Gasteiger partial charge in [-0.05, 0) is 6.07 Å². The Balaban J connectivity index is 2.15. The summed E-state index contributed by atoms with van der Waals surface area (Å²) in [5.74, 6) is 0.140. The molecule has 21 heavy (non-hydrogen) atoms. The zero-order valence-corrected chi connectivity index (χ0v) is 11.8. The lowest BCUT2D eigenvalue weighted by atomic mass is 10.1. The minimum atomic E-state index is -0.682. The molecule has 1 aromatic carbocycles. The van der Waals surface area contributed by atoms with Crippen molar-refractivity contribution in [2.45, 2.75) is 26.3 Å². The Hall–Kier alpha value is -2.28. The third-order valence-corrected chi connectivity index (χ3v) is 2.82. The van der Waals surface area contributed by atoms with E-state index in [1.54, 1.807) is 0 Å². The van der Waals surface area contributed by atoms with Gasteiger partial charge in [0.2, 0.25) is 0 Å². The molecule has 1 aromatic heterocycles. The van der Waals surface area contributed by atoms with E-state index < -0.39 is 10.7 Å². The van der Waals surface area contributed by atoms with Gasteiger partial charge in [-0.3, -0.25) is 10.1 Å². The summed E-state index contributed by atoms with van der Waals surface area (Å²) in [7, 11) is 0. The van der Waals surface area contributed by atoms with E-state index in [2.05, 4.69) is 10.3 Å². The van der Waals surface area contributed by atoms with E-state index in [9.17, 15) is 14.5 Å². The summed E-state index contributed by atoms with van der Waals surface area (Å²) in [4.78, 5) is 14.2. The topological polar surface area (TPSA) is 81.2 Å². The fourth-order valence-electron chi connectivity index (χ4n) is 1.85. The van der Waals surface area contributed by atoms with Crippen LogP contribution in [0.3, 0.4) is 0 Å². The maximum atomic E-state index is 13.4. The molecular weight excluding hydrogens is 277 g/mol. The van der Waals surface area contributed by atoms with Gasteiger partial charge in [0.1, 0.15) is 5.82 Å². The molecule has 0 saturated carbocycles. The number of benzene rings is 1. The molecule has 7 heteroatoms. The Morgan fingerprint density at radius 1 is 1.43 bits per heavy atom. The van der Waals surface area contributed by atoms with Crippen molar-refractivity contribution in [3.05, 3.63) is 46.2 Å². The van der Waals surface area contributed by atoms with E-state index in [0.717, 1.165) is 6.07 Å². The Kier molecular flexibility index (Phi) is 4.64. The summed E-state index contributed by atoms with van der Waals surface area (Å²) < 4.78 is 18.9. The lowest BCUT2D eigenvalue weighted by molar-refractivity contribution is -0.385. The number of non-ortho nitro benzene ring substituents is 1. The highest BCUT2D eigenvalue weighted by Crippen LogP contribution is 2.26. The van der Waals surface area contributed by atoms with Crippen molar-refractivity contribution >= 4 is 5.69 Å². The Labute approximate surface area is 121 Å². The number of nitrogens with zero attached hydrogens (tertiary/aromatic N) is 2. The second-order valence-electron chi connectivity index (χ2n) is 4.93. The van der Waals surface area contributed by atoms with Gasteiger partial charge in [-0.25, -0.2) is 9.37 Å². The van der Waals surface area contributed by atoms with Gasteiger partial charge in [0, 0.05) is 30.6 Å². The Morgan fingerprint density at radius 2 is 2.19 bits per heavy atom. The van der Waals surface area contributed by atoms with E-state index in [-0.39, 0.29) is 5.69 Å². The van der Waals surface area contributed by atoms with Crippen LogP contribution >= 0.6 is 0 Å². The standard InChI is InChI=1S/C14H16FN3O3/c1-9(2)16-4-3-14-17-8-13(21-14)10-5-11(15)7-12(6-10)18(19)20/h5-9,16H,3-4H2,1-2H3. The summed E-state index contributed by atoms with van der Waals surface area (Å²) >= 11 is 0. The normalized spacial score (nSPS) is 11.0. The number of nitro groups is 1. The molecule has 0 aliphatic rings. The number of oxazole rings is 1. The lowest BCUT2D eigenvalue weighted by Crippen LogP contribution is -2.24. The number of halogens is 1. The zero-order chi connectivity index (χ0) is 15.4. The molecule has 1 N–H and O–H groups in total. The maximum absolute atomic E-state index is 13.4. The first-order valence-corrected chi connectivity index (χ1v) is 6.59. The summed E-state index contributed by atoms with van der Waals surface area (Å²) in [6.07, 6.45) is 2.04. The van der Waals surface area contributed by atoms with E-state index in [1.165, 1.54) is 18.3 Å². The van der Waals surface area contributed by atoms with E-state index in [1.807, 2.05) is 13.8 Å². The highest BCUT2D eigenvalue weighted by molar-refractivity contribution is 5.60. The molecule has 0 fully saturated rings. The van der Waals surface area contributed by atoms with Crippen molar-refractivity contribution in [2.75, 3.05) is 6.54 Å². The van der Waals surface area contributed by atoms with Crippen LogP contribution in [0.4, 0.5) is 10.1 Å². The predicted octanol–water partition coefficient (Wildman–Crippen LogP) is 2.93. The number of hydrogen-bond acceptors (Lipinski definition) is 5. The van der Waals surface area contributed by atoms with Crippen LogP contribution in [-0.4, -0.2) is 22.5 Å². The average molecular weight is 293 g/mol. The molecule has 0 spiro atoms. The number of nitro benzene ring substituents is 1. The third-order valence-electron chi connectivity index (χ3n) is 2.82. The Morgan fingerprint density at radius 3 is 2.86 bits per heavy atom. The van der Waals surface area contributed by atoms with Crippen molar-refractivity contribution in [3.8, 4) is 11.3 Å². The van der Waals surface area contributed by atoms with Crippen LogP contribution in [-0.2, 0) is 6.42 Å². The molecule has 0 saturated heterocycles. The monoisotopic (exact) mass is 293 g/mol. The molecule has 2 aromatic rings. The quantitative estimate of drug-likeness (QED) is 0.654. The first-order valence-electron chi connectivity index (χ1n) is 6.59. The van der Waals surface area contributed by atoms with Crippen molar-refractivity contribution < 1.29 is 13.7 Å². The first-order chi connectivity index (χ1) is 9.95. The van der Waals surface area contributed by atoms with Crippen LogP contribution in [0.25, 0.3) is 11.3 Å². The van der Waals surface area contributed by atoms with Gasteiger partial charge in [-0.15, -0.1) is 0 Å². The van der Waals surface area contributed by atoms with Crippen LogP contribution in [0.5, 0.6) is 0 Å². The largest absolute Gasteiger partial charge is 0.441 e. The highest BCUT2D eigenvalue weighted by Gasteiger charge is 2.14. The molecule has 6 nitrogen and oxygen atoms in total. The van der Waals surface area contributed by atoms with Gasteiger partial charge >= 0.3 is 0 Å². The third kappa shape index (κ3) is 4.09. The molecule has 0 unspecified atom stereocenters. The van der Waals surface area contributed by atoms with Gasteiger partial charge in [0.25, 0.3) is 5.69 Å². The first kappa shape index (κ1) is 15.1. The maximum Gasteiger partial charge on any atom is 0.273 e. The fourth-order valence-corrected chi connectivity index (χ4v) is 1.85. The van der Waals surface area contributed by atoms with Crippen molar-refractivity contribution in [2.24, 2.45) is 0 Å². The van der Waals surface area contributed by atoms with E-state index in [4.69, 9.17) is 4.42 Å². The minimum absolute atomic E-state index is 0.303. The van der Waals surface area contributed by atoms with Crippen LogP contribution in [0.15, 0.2) is 28.8 Å². The van der Waals surface area contributed by atoms with Gasteiger partial charge in [0.15, 0.2) is 11.7 Å². The van der Waals surface area contributed by atoms with Crippen LogP contribution in [0, 0.1) is 15.9 Å². The molecule has 112 valence electrons. The highest BCUT2D eigenvalue weighted by atomic mass is 19.1. The summed E-state index contributed by atoms with van der Waals surface area (Å²) in [6.45, 7) is 4.78. The molecule has 0 atom stereocenters. The zero-order valence-electron chi connectivity index (χ0n) is 11.8. The van der Waals surface area contributed by atoms with Gasteiger partial charge in [-0.1, -0.05) is 13.8 Å². The second kappa shape index (κ2) is 6.45.